The Morgan fingerprint density at radius 1 is 1.38 bits per heavy atom. The van der Waals surface area contributed by atoms with Gasteiger partial charge in [-0.2, -0.15) is 0 Å². The second-order valence-electron chi connectivity index (χ2n) is 6.67. The fraction of sp³-hybridized carbons (Fsp3) is 0.875. The van der Waals surface area contributed by atoms with Crippen LogP contribution in [-0.4, -0.2) is 41.6 Å². The largest absolute Gasteiger partial charge is 0.481 e. The summed E-state index contributed by atoms with van der Waals surface area (Å²) < 4.78 is 0. The Morgan fingerprint density at radius 3 is 2.67 bits per heavy atom. The van der Waals surface area contributed by atoms with E-state index in [1.165, 1.54) is 6.42 Å². The van der Waals surface area contributed by atoms with Crippen LogP contribution in [0.1, 0.15) is 52.9 Å². The summed E-state index contributed by atoms with van der Waals surface area (Å²) in [5.74, 6) is 0.290. The second kappa shape index (κ2) is 8.90. The topological polar surface area (TPSA) is 69.6 Å². The summed E-state index contributed by atoms with van der Waals surface area (Å²) >= 11 is 0. The van der Waals surface area contributed by atoms with E-state index in [0.717, 1.165) is 32.4 Å². The average Bonchev–Trinajstić information content (AvgIpc) is 2.83. The van der Waals surface area contributed by atoms with Crippen molar-refractivity contribution in [3.05, 3.63) is 0 Å². The molecule has 0 saturated carbocycles. The van der Waals surface area contributed by atoms with E-state index in [1.807, 2.05) is 4.90 Å². The highest BCUT2D eigenvalue weighted by Gasteiger charge is 2.26. The molecule has 1 heterocycles. The van der Waals surface area contributed by atoms with Crippen molar-refractivity contribution < 1.29 is 14.7 Å². The summed E-state index contributed by atoms with van der Waals surface area (Å²) in [7, 11) is 0. The summed E-state index contributed by atoms with van der Waals surface area (Å²) in [5, 5.41) is 11.9. The Bertz CT molecular complexity index is 344. The summed E-state index contributed by atoms with van der Waals surface area (Å²) in [4.78, 5) is 24.9. The van der Waals surface area contributed by atoms with Crippen LogP contribution in [0, 0.1) is 17.8 Å². The van der Waals surface area contributed by atoms with Crippen LogP contribution in [0.4, 0.5) is 4.79 Å². The number of likely N-dealkylation sites (tertiary alicyclic amines) is 1. The van der Waals surface area contributed by atoms with E-state index in [1.54, 1.807) is 0 Å². The van der Waals surface area contributed by atoms with Gasteiger partial charge in [-0.1, -0.05) is 27.2 Å². The predicted octanol–water partition coefficient (Wildman–Crippen LogP) is 2.96. The van der Waals surface area contributed by atoms with Gasteiger partial charge in [0.1, 0.15) is 0 Å². The van der Waals surface area contributed by atoms with Gasteiger partial charge in [-0.25, -0.2) is 4.79 Å². The monoisotopic (exact) mass is 298 g/mol. The van der Waals surface area contributed by atoms with E-state index in [0.29, 0.717) is 18.4 Å². The third-order valence-corrected chi connectivity index (χ3v) is 4.08. The molecule has 0 aromatic carbocycles. The SMILES string of the molecule is CCCC1CCN(C(=O)NCC(CC(=O)O)CC(C)C)C1. The molecule has 0 aromatic heterocycles. The standard InChI is InChI=1S/C16H30N2O3/c1-4-5-13-6-7-18(11-13)16(21)17-10-14(8-12(2)3)9-15(19)20/h12-14H,4-11H2,1-3H3,(H,17,21)(H,19,20). The zero-order chi connectivity index (χ0) is 15.8. The number of amides is 2. The maximum atomic E-state index is 12.1. The molecule has 2 amide bonds. The first-order chi connectivity index (χ1) is 9.92. The molecule has 1 saturated heterocycles. The zero-order valence-electron chi connectivity index (χ0n) is 13.6. The maximum absolute atomic E-state index is 12.1. The number of nitrogens with one attached hydrogen (secondary N) is 1. The molecule has 2 N–H and O–H groups in total. The van der Waals surface area contributed by atoms with Crippen molar-refractivity contribution in [1.82, 2.24) is 10.2 Å². The lowest BCUT2D eigenvalue weighted by Crippen LogP contribution is -2.41. The fourth-order valence-corrected chi connectivity index (χ4v) is 3.16. The van der Waals surface area contributed by atoms with Crippen molar-refractivity contribution in [3.63, 3.8) is 0 Å². The average molecular weight is 298 g/mol. The molecule has 0 aromatic rings. The molecule has 5 heteroatoms. The van der Waals surface area contributed by atoms with Crippen LogP contribution >= 0.6 is 0 Å². The smallest absolute Gasteiger partial charge is 0.317 e. The first-order valence-corrected chi connectivity index (χ1v) is 8.16. The number of urea groups is 1. The molecule has 1 rings (SSSR count). The van der Waals surface area contributed by atoms with Crippen LogP contribution in [0.2, 0.25) is 0 Å². The van der Waals surface area contributed by atoms with Crippen molar-refractivity contribution in [2.24, 2.45) is 17.8 Å². The lowest BCUT2D eigenvalue weighted by molar-refractivity contribution is -0.138. The highest BCUT2D eigenvalue weighted by Crippen LogP contribution is 2.21. The van der Waals surface area contributed by atoms with Gasteiger partial charge in [0.2, 0.25) is 0 Å². The third kappa shape index (κ3) is 6.82. The van der Waals surface area contributed by atoms with Crippen LogP contribution in [0.15, 0.2) is 0 Å². The van der Waals surface area contributed by atoms with Crippen molar-refractivity contribution in [2.75, 3.05) is 19.6 Å². The van der Waals surface area contributed by atoms with Crippen LogP contribution in [0.25, 0.3) is 0 Å². The minimum Gasteiger partial charge on any atom is -0.481 e. The van der Waals surface area contributed by atoms with Crippen molar-refractivity contribution in [3.8, 4) is 0 Å². The number of hydrogen-bond donors (Lipinski definition) is 2. The first-order valence-electron chi connectivity index (χ1n) is 8.16. The van der Waals surface area contributed by atoms with Crippen LogP contribution < -0.4 is 5.32 Å². The molecular formula is C16H30N2O3. The van der Waals surface area contributed by atoms with E-state index in [2.05, 4.69) is 26.1 Å². The molecule has 1 aliphatic rings. The molecule has 1 fully saturated rings. The number of carboxylic acid groups (broad SMARTS) is 1. The Kier molecular flexibility index (Phi) is 7.54. The number of carboxylic acids is 1. The second-order valence-corrected chi connectivity index (χ2v) is 6.67. The van der Waals surface area contributed by atoms with Gasteiger partial charge in [-0.05, 0) is 37.0 Å². The van der Waals surface area contributed by atoms with Gasteiger partial charge in [0.15, 0.2) is 0 Å². The molecule has 1 aliphatic heterocycles. The molecule has 2 unspecified atom stereocenters. The molecule has 21 heavy (non-hydrogen) atoms. The highest BCUT2D eigenvalue weighted by atomic mass is 16.4. The molecule has 122 valence electrons. The van der Waals surface area contributed by atoms with Crippen LogP contribution in [-0.2, 0) is 4.79 Å². The third-order valence-electron chi connectivity index (χ3n) is 4.08. The number of carbonyl (C=O) groups is 2. The zero-order valence-corrected chi connectivity index (χ0v) is 13.6. The Labute approximate surface area is 128 Å². The minimum atomic E-state index is -0.793. The fourth-order valence-electron chi connectivity index (χ4n) is 3.16. The van der Waals surface area contributed by atoms with E-state index in [9.17, 15) is 9.59 Å². The quantitative estimate of drug-likeness (QED) is 0.724. The van der Waals surface area contributed by atoms with Crippen LogP contribution in [0.5, 0.6) is 0 Å². The van der Waals surface area contributed by atoms with Gasteiger partial charge >= 0.3 is 12.0 Å². The lowest BCUT2D eigenvalue weighted by Gasteiger charge is -2.21. The van der Waals surface area contributed by atoms with Crippen molar-refractivity contribution in [2.45, 2.75) is 52.9 Å². The van der Waals surface area contributed by atoms with Gasteiger partial charge in [0.25, 0.3) is 0 Å². The maximum Gasteiger partial charge on any atom is 0.317 e. The van der Waals surface area contributed by atoms with E-state index in [4.69, 9.17) is 5.11 Å². The summed E-state index contributed by atoms with van der Waals surface area (Å²) in [6.07, 6.45) is 4.38. The van der Waals surface area contributed by atoms with Crippen molar-refractivity contribution in [1.29, 1.82) is 0 Å². The van der Waals surface area contributed by atoms with Gasteiger partial charge in [0.05, 0.1) is 0 Å². The Morgan fingerprint density at radius 2 is 2.10 bits per heavy atom. The Balaban J connectivity index is 2.37. The Hall–Kier alpha value is -1.26. The van der Waals surface area contributed by atoms with E-state index < -0.39 is 5.97 Å². The van der Waals surface area contributed by atoms with Gasteiger partial charge in [-0.15, -0.1) is 0 Å². The number of rotatable bonds is 8. The molecule has 0 spiro atoms. The predicted molar refractivity (Wildman–Crippen MR) is 83.2 cm³/mol. The molecular weight excluding hydrogens is 268 g/mol. The van der Waals surface area contributed by atoms with Gasteiger partial charge in [0, 0.05) is 26.1 Å². The number of nitrogens with zero attached hydrogens (tertiary/aromatic N) is 1. The molecule has 0 bridgehead atoms. The lowest BCUT2D eigenvalue weighted by atomic mass is 9.94. The summed E-state index contributed by atoms with van der Waals surface area (Å²) in [6, 6.07) is -0.0345. The van der Waals surface area contributed by atoms with Gasteiger partial charge < -0.3 is 15.3 Å². The molecule has 0 aliphatic carbocycles. The molecule has 5 nitrogen and oxygen atoms in total. The first kappa shape index (κ1) is 17.8. The summed E-state index contributed by atoms with van der Waals surface area (Å²) in [5.41, 5.74) is 0. The number of aliphatic carboxylic acids is 1. The van der Waals surface area contributed by atoms with E-state index in [-0.39, 0.29) is 18.4 Å². The van der Waals surface area contributed by atoms with Gasteiger partial charge in [-0.3, -0.25) is 4.79 Å². The van der Waals surface area contributed by atoms with Crippen LogP contribution in [0.3, 0.4) is 0 Å². The molecule has 0 radical (unpaired) electrons. The van der Waals surface area contributed by atoms with E-state index >= 15 is 0 Å². The number of hydrogen-bond acceptors (Lipinski definition) is 2. The van der Waals surface area contributed by atoms with Crippen molar-refractivity contribution >= 4 is 12.0 Å². The normalized spacial score (nSPS) is 19.8. The minimum absolute atomic E-state index is 0.0143. The molecule has 2 atom stereocenters. The summed E-state index contributed by atoms with van der Waals surface area (Å²) in [6.45, 7) is 8.44. The highest BCUT2D eigenvalue weighted by molar-refractivity contribution is 5.74. The number of carbonyl (C=O) groups excluding carboxylic acids is 1.